The van der Waals surface area contributed by atoms with E-state index < -0.39 is 0 Å². The van der Waals surface area contributed by atoms with Gasteiger partial charge in [0.25, 0.3) is 0 Å². The summed E-state index contributed by atoms with van der Waals surface area (Å²) in [4.78, 5) is 0.738. The molecule has 104 valence electrons. The van der Waals surface area contributed by atoms with E-state index in [0.717, 1.165) is 36.5 Å². The minimum absolute atomic E-state index is 0.0175. The Bertz CT molecular complexity index is 455. The molecule has 2 fully saturated rings. The lowest BCUT2D eigenvalue weighted by Gasteiger charge is -2.29. The van der Waals surface area contributed by atoms with Crippen LogP contribution in [0.3, 0.4) is 0 Å². The first-order valence-electron chi connectivity index (χ1n) is 6.98. The fourth-order valence-corrected chi connectivity index (χ4v) is 4.06. The van der Waals surface area contributed by atoms with Crippen LogP contribution in [0.4, 0.5) is 4.39 Å². The van der Waals surface area contributed by atoms with Crippen LogP contribution < -0.4 is 5.73 Å². The van der Waals surface area contributed by atoms with Crippen molar-refractivity contribution in [1.29, 1.82) is 0 Å². The van der Waals surface area contributed by atoms with Gasteiger partial charge in [0.15, 0.2) is 0 Å². The van der Waals surface area contributed by atoms with Crippen molar-refractivity contribution in [2.75, 3.05) is 19.8 Å². The number of ether oxygens (including phenoxy) is 1. The van der Waals surface area contributed by atoms with E-state index >= 15 is 0 Å². The van der Waals surface area contributed by atoms with Crippen LogP contribution in [0.1, 0.15) is 31.2 Å². The Labute approximate surface area is 117 Å². The summed E-state index contributed by atoms with van der Waals surface area (Å²) < 4.78 is 19.4. The summed E-state index contributed by atoms with van der Waals surface area (Å²) in [6.45, 7) is 2.09. The van der Waals surface area contributed by atoms with Crippen LogP contribution in [0.2, 0.25) is 0 Å². The summed E-state index contributed by atoms with van der Waals surface area (Å²) in [5, 5.41) is 0.412. The third kappa shape index (κ3) is 2.54. The maximum absolute atomic E-state index is 14.2. The highest BCUT2D eigenvalue weighted by atomic mass is 32.2. The minimum atomic E-state index is -0.103. The maximum Gasteiger partial charge on any atom is 0.137 e. The average Bonchev–Trinajstić information content (AvgIpc) is 2.85. The van der Waals surface area contributed by atoms with Crippen molar-refractivity contribution >= 4 is 11.8 Å². The second kappa shape index (κ2) is 5.43. The molecule has 0 atom stereocenters. The van der Waals surface area contributed by atoms with E-state index in [2.05, 4.69) is 6.07 Å². The van der Waals surface area contributed by atoms with E-state index in [1.54, 1.807) is 17.8 Å². The predicted octanol–water partition coefficient (Wildman–Crippen LogP) is 3.09. The molecule has 0 spiro atoms. The van der Waals surface area contributed by atoms with Gasteiger partial charge < -0.3 is 10.5 Å². The molecule has 2 nitrogen and oxygen atoms in total. The molecule has 1 aromatic carbocycles. The average molecular weight is 281 g/mol. The van der Waals surface area contributed by atoms with Crippen molar-refractivity contribution in [3.8, 4) is 0 Å². The zero-order valence-corrected chi connectivity index (χ0v) is 11.8. The Morgan fingerprint density at radius 3 is 2.58 bits per heavy atom. The van der Waals surface area contributed by atoms with Gasteiger partial charge in [0.2, 0.25) is 0 Å². The van der Waals surface area contributed by atoms with Crippen LogP contribution in [-0.2, 0) is 10.2 Å². The molecule has 0 unspecified atom stereocenters. The van der Waals surface area contributed by atoms with Gasteiger partial charge in [-0.3, -0.25) is 0 Å². The molecule has 1 saturated carbocycles. The summed E-state index contributed by atoms with van der Waals surface area (Å²) in [6, 6.07) is 5.70. The van der Waals surface area contributed by atoms with Gasteiger partial charge in [-0.05, 0) is 30.5 Å². The molecule has 0 radical (unpaired) electrons. The fourth-order valence-electron chi connectivity index (χ4n) is 3.05. The molecule has 0 bridgehead atoms. The van der Waals surface area contributed by atoms with Crippen LogP contribution in [0.5, 0.6) is 0 Å². The molecule has 2 aliphatic rings. The monoisotopic (exact) mass is 281 g/mol. The van der Waals surface area contributed by atoms with E-state index in [9.17, 15) is 4.39 Å². The van der Waals surface area contributed by atoms with Crippen molar-refractivity contribution in [2.24, 2.45) is 5.73 Å². The second-order valence-corrected chi connectivity index (χ2v) is 6.96. The van der Waals surface area contributed by atoms with Crippen molar-refractivity contribution < 1.29 is 9.13 Å². The van der Waals surface area contributed by atoms with Crippen LogP contribution in [0.25, 0.3) is 0 Å². The highest BCUT2D eigenvalue weighted by molar-refractivity contribution is 8.00. The Morgan fingerprint density at radius 1 is 1.32 bits per heavy atom. The Morgan fingerprint density at radius 2 is 2.05 bits per heavy atom. The Balaban J connectivity index is 1.81. The van der Waals surface area contributed by atoms with E-state index in [1.807, 2.05) is 6.07 Å². The van der Waals surface area contributed by atoms with Gasteiger partial charge in [-0.15, -0.1) is 11.8 Å². The first-order valence-corrected chi connectivity index (χ1v) is 7.86. The minimum Gasteiger partial charge on any atom is -0.379 e. The van der Waals surface area contributed by atoms with E-state index in [4.69, 9.17) is 10.5 Å². The second-order valence-electron chi connectivity index (χ2n) is 5.61. The van der Waals surface area contributed by atoms with Gasteiger partial charge in [-0.1, -0.05) is 18.9 Å². The van der Waals surface area contributed by atoms with E-state index in [-0.39, 0.29) is 11.2 Å². The van der Waals surface area contributed by atoms with E-state index in [1.165, 1.54) is 12.8 Å². The number of rotatable bonds is 4. The largest absolute Gasteiger partial charge is 0.379 e. The number of benzene rings is 1. The Hall–Kier alpha value is -0.580. The zero-order chi connectivity index (χ0) is 13.3. The standard InChI is InChI=1S/C15H20FNOS/c16-13-7-11(15(10-17)5-1-2-6-15)3-4-14(13)19-12-8-18-9-12/h3-4,7,12H,1-2,5-6,8-10,17H2. The molecule has 2 N–H and O–H groups in total. The molecule has 1 aromatic rings. The summed E-state index contributed by atoms with van der Waals surface area (Å²) in [5.41, 5.74) is 7.06. The Kier molecular flexibility index (Phi) is 3.83. The predicted molar refractivity (Wildman–Crippen MR) is 76.1 cm³/mol. The van der Waals surface area contributed by atoms with Crippen molar-refractivity contribution in [3.05, 3.63) is 29.6 Å². The first-order chi connectivity index (χ1) is 9.23. The molecule has 1 aliphatic carbocycles. The smallest absolute Gasteiger partial charge is 0.137 e. The molecule has 1 heterocycles. The number of halogens is 1. The molecular formula is C15H20FNOS. The SMILES string of the molecule is NCC1(c2ccc(SC3COC3)c(F)c2)CCCC1. The molecule has 4 heteroatoms. The molecular weight excluding hydrogens is 261 g/mol. The molecule has 0 amide bonds. The number of thioether (sulfide) groups is 1. The molecule has 1 aliphatic heterocycles. The van der Waals surface area contributed by atoms with Gasteiger partial charge in [0.05, 0.1) is 18.5 Å². The van der Waals surface area contributed by atoms with E-state index in [0.29, 0.717) is 11.8 Å². The lowest BCUT2D eigenvalue weighted by molar-refractivity contribution is 0.0455. The maximum atomic E-state index is 14.2. The van der Waals surface area contributed by atoms with Crippen molar-refractivity contribution in [2.45, 2.75) is 41.2 Å². The quantitative estimate of drug-likeness (QED) is 0.921. The molecule has 19 heavy (non-hydrogen) atoms. The topological polar surface area (TPSA) is 35.2 Å². The normalized spacial score (nSPS) is 22.4. The van der Waals surface area contributed by atoms with Gasteiger partial charge >= 0.3 is 0 Å². The van der Waals surface area contributed by atoms with Crippen molar-refractivity contribution in [1.82, 2.24) is 0 Å². The third-order valence-electron chi connectivity index (χ3n) is 4.40. The van der Waals surface area contributed by atoms with Gasteiger partial charge in [-0.2, -0.15) is 0 Å². The van der Waals surface area contributed by atoms with Gasteiger partial charge in [0.1, 0.15) is 5.82 Å². The number of hydrogen-bond acceptors (Lipinski definition) is 3. The summed E-state index contributed by atoms with van der Waals surface area (Å²) in [7, 11) is 0. The lowest BCUT2D eigenvalue weighted by atomic mass is 9.79. The summed E-state index contributed by atoms with van der Waals surface area (Å²) in [5.74, 6) is -0.103. The van der Waals surface area contributed by atoms with Crippen LogP contribution >= 0.6 is 11.8 Å². The first kappa shape index (κ1) is 13.4. The molecule has 3 rings (SSSR count). The lowest BCUT2D eigenvalue weighted by Crippen LogP contribution is -2.32. The van der Waals surface area contributed by atoms with Crippen LogP contribution in [-0.4, -0.2) is 25.0 Å². The highest BCUT2D eigenvalue weighted by Gasteiger charge is 2.34. The molecule has 1 saturated heterocycles. The fraction of sp³-hybridized carbons (Fsp3) is 0.600. The van der Waals surface area contributed by atoms with Gasteiger partial charge in [0, 0.05) is 16.9 Å². The van der Waals surface area contributed by atoms with Crippen LogP contribution in [0.15, 0.2) is 23.1 Å². The third-order valence-corrected chi connectivity index (χ3v) is 5.59. The van der Waals surface area contributed by atoms with Crippen LogP contribution in [0, 0.1) is 5.82 Å². The summed E-state index contributed by atoms with van der Waals surface area (Å²) in [6.07, 6.45) is 4.58. The summed E-state index contributed by atoms with van der Waals surface area (Å²) >= 11 is 1.58. The van der Waals surface area contributed by atoms with Crippen molar-refractivity contribution in [3.63, 3.8) is 0 Å². The molecule has 0 aromatic heterocycles. The highest BCUT2D eigenvalue weighted by Crippen LogP contribution is 2.41. The number of nitrogens with two attached hydrogens (primary N) is 1. The van der Waals surface area contributed by atoms with Gasteiger partial charge in [-0.25, -0.2) is 4.39 Å². The zero-order valence-electron chi connectivity index (χ0n) is 11.0. The number of hydrogen-bond donors (Lipinski definition) is 1.